The van der Waals surface area contributed by atoms with E-state index in [1.54, 1.807) is 40.9 Å². The first kappa shape index (κ1) is 17.6. The Hall–Kier alpha value is -2.77. The van der Waals surface area contributed by atoms with Gasteiger partial charge in [-0.15, -0.1) is 16.4 Å². The number of fused-ring (bicyclic) bond motifs is 1. The highest BCUT2D eigenvalue weighted by Crippen LogP contribution is 2.21. The van der Waals surface area contributed by atoms with Crippen molar-refractivity contribution in [3.8, 4) is 11.4 Å². The molecule has 0 saturated carbocycles. The molecule has 0 saturated heterocycles. The van der Waals surface area contributed by atoms with E-state index in [1.807, 2.05) is 5.38 Å². The smallest absolute Gasteiger partial charge is 0.251 e. The Morgan fingerprint density at radius 2 is 1.89 bits per heavy atom. The normalized spacial score (nSPS) is 11.0. The zero-order chi connectivity index (χ0) is 18.8. The average molecular weight is 401 g/mol. The highest BCUT2D eigenvalue weighted by molar-refractivity contribution is 7.15. The van der Waals surface area contributed by atoms with Gasteiger partial charge in [-0.3, -0.25) is 4.79 Å². The monoisotopic (exact) mass is 400 g/mol. The highest BCUT2D eigenvalue weighted by Gasteiger charge is 2.12. The fourth-order valence-corrected chi connectivity index (χ4v) is 3.61. The number of rotatable bonds is 5. The molecule has 2 aromatic carbocycles. The van der Waals surface area contributed by atoms with Gasteiger partial charge in [0.1, 0.15) is 5.82 Å². The number of aromatic nitrogens is 3. The molecule has 0 bridgehead atoms. The Morgan fingerprint density at radius 3 is 2.63 bits per heavy atom. The van der Waals surface area contributed by atoms with E-state index in [2.05, 4.69) is 15.4 Å². The molecule has 4 rings (SSSR count). The van der Waals surface area contributed by atoms with Crippen molar-refractivity contribution in [2.45, 2.75) is 6.42 Å². The van der Waals surface area contributed by atoms with Crippen molar-refractivity contribution >= 4 is 33.8 Å². The topological polar surface area (TPSA) is 59.3 Å². The van der Waals surface area contributed by atoms with Crippen LogP contribution in [0.25, 0.3) is 16.3 Å². The van der Waals surface area contributed by atoms with E-state index in [0.29, 0.717) is 29.4 Å². The minimum Gasteiger partial charge on any atom is -0.352 e. The van der Waals surface area contributed by atoms with Gasteiger partial charge in [0, 0.05) is 34.5 Å². The van der Waals surface area contributed by atoms with Gasteiger partial charge in [-0.1, -0.05) is 11.6 Å². The van der Waals surface area contributed by atoms with Crippen molar-refractivity contribution in [2.75, 3.05) is 6.54 Å². The lowest BCUT2D eigenvalue weighted by atomic mass is 10.2. The van der Waals surface area contributed by atoms with E-state index in [-0.39, 0.29) is 11.7 Å². The van der Waals surface area contributed by atoms with Crippen molar-refractivity contribution in [1.29, 1.82) is 0 Å². The second-order valence-corrected chi connectivity index (χ2v) is 7.15. The molecule has 8 heteroatoms. The van der Waals surface area contributed by atoms with Crippen LogP contribution in [0.2, 0.25) is 5.02 Å². The number of carbonyl (C=O) groups is 1. The van der Waals surface area contributed by atoms with Crippen molar-refractivity contribution < 1.29 is 9.18 Å². The van der Waals surface area contributed by atoms with Crippen molar-refractivity contribution in [2.24, 2.45) is 0 Å². The summed E-state index contributed by atoms with van der Waals surface area (Å²) in [4.78, 5) is 17.4. The Morgan fingerprint density at radius 1 is 1.15 bits per heavy atom. The summed E-state index contributed by atoms with van der Waals surface area (Å²) < 4.78 is 14.8. The maximum atomic E-state index is 13.1. The van der Waals surface area contributed by atoms with Gasteiger partial charge in [0.25, 0.3) is 5.91 Å². The molecule has 0 unspecified atom stereocenters. The lowest BCUT2D eigenvalue weighted by molar-refractivity contribution is 0.0954. The fourth-order valence-electron chi connectivity index (χ4n) is 2.63. The molecule has 4 aromatic rings. The van der Waals surface area contributed by atoms with Gasteiger partial charge < -0.3 is 5.32 Å². The largest absolute Gasteiger partial charge is 0.352 e. The first-order valence-electron chi connectivity index (χ1n) is 8.23. The summed E-state index contributed by atoms with van der Waals surface area (Å²) in [7, 11) is 0. The molecule has 5 nitrogen and oxygen atoms in total. The molecule has 0 spiro atoms. The Balaban J connectivity index is 1.44. The van der Waals surface area contributed by atoms with Crippen LogP contribution in [0, 0.1) is 5.82 Å². The van der Waals surface area contributed by atoms with E-state index >= 15 is 0 Å². The molecule has 0 radical (unpaired) electrons. The number of hydrogen-bond donors (Lipinski definition) is 1. The number of hydrogen-bond acceptors (Lipinski definition) is 4. The minimum absolute atomic E-state index is 0.149. The Bertz CT molecular complexity index is 1090. The van der Waals surface area contributed by atoms with Gasteiger partial charge in [0.15, 0.2) is 5.82 Å². The molecule has 2 aromatic heterocycles. The Kier molecular flexibility index (Phi) is 4.87. The third-order valence-corrected chi connectivity index (χ3v) is 5.14. The zero-order valence-corrected chi connectivity index (χ0v) is 15.6. The first-order chi connectivity index (χ1) is 13.1. The predicted molar refractivity (Wildman–Crippen MR) is 104 cm³/mol. The molecule has 0 atom stereocenters. The van der Waals surface area contributed by atoms with Crippen LogP contribution >= 0.6 is 22.9 Å². The number of nitrogens with zero attached hydrogens (tertiary/aromatic N) is 3. The van der Waals surface area contributed by atoms with Crippen LogP contribution in [-0.4, -0.2) is 27.0 Å². The van der Waals surface area contributed by atoms with Crippen LogP contribution in [-0.2, 0) is 6.42 Å². The van der Waals surface area contributed by atoms with Crippen LogP contribution in [0.4, 0.5) is 4.39 Å². The SMILES string of the molecule is O=C(NCCc1csc2nc(-c3ccc(F)cc3)nn12)c1ccc(Cl)cc1. The van der Waals surface area contributed by atoms with E-state index in [9.17, 15) is 9.18 Å². The molecule has 1 amide bonds. The summed E-state index contributed by atoms with van der Waals surface area (Å²) in [6.07, 6.45) is 0.617. The van der Waals surface area contributed by atoms with Crippen molar-refractivity contribution in [3.63, 3.8) is 0 Å². The summed E-state index contributed by atoms with van der Waals surface area (Å²) in [5.41, 5.74) is 2.27. The van der Waals surface area contributed by atoms with Crippen molar-refractivity contribution in [3.05, 3.63) is 76.0 Å². The maximum absolute atomic E-state index is 13.1. The lowest BCUT2D eigenvalue weighted by Crippen LogP contribution is -2.25. The standard InChI is InChI=1S/C19H14ClFN4OS/c20-14-5-1-13(2-6-14)18(26)22-10-9-16-11-27-19-23-17(24-25(16)19)12-3-7-15(21)8-4-12/h1-8,11H,9-10H2,(H,22,26). The van der Waals surface area contributed by atoms with Gasteiger partial charge in [-0.2, -0.15) is 4.98 Å². The van der Waals surface area contributed by atoms with E-state index in [0.717, 1.165) is 16.2 Å². The molecular weight excluding hydrogens is 387 g/mol. The lowest BCUT2D eigenvalue weighted by Gasteiger charge is -2.04. The number of carbonyl (C=O) groups excluding carboxylic acids is 1. The minimum atomic E-state index is -0.295. The van der Waals surface area contributed by atoms with Crippen LogP contribution in [0.1, 0.15) is 16.1 Å². The Labute approximate surface area is 163 Å². The summed E-state index contributed by atoms with van der Waals surface area (Å²) >= 11 is 7.31. The number of thiazole rings is 1. The van der Waals surface area contributed by atoms with Gasteiger partial charge in [-0.05, 0) is 48.5 Å². The van der Waals surface area contributed by atoms with Gasteiger partial charge in [-0.25, -0.2) is 8.91 Å². The van der Waals surface area contributed by atoms with Crippen molar-refractivity contribution in [1.82, 2.24) is 19.9 Å². The summed E-state index contributed by atoms with van der Waals surface area (Å²) in [6, 6.07) is 12.8. The molecule has 136 valence electrons. The highest BCUT2D eigenvalue weighted by atomic mass is 35.5. The second-order valence-electron chi connectivity index (χ2n) is 5.88. The predicted octanol–water partition coefficient (Wildman–Crippen LogP) is 4.22. The summed E-state index contributed by atoms with van der Waals surface area (Å²) in [5, 5.41) is 9.95. The van der Waals surface area contributed by atoms with Gasteiger partial charge in [0.05, 0.1) is 5.69 Å². The van der Waals surface area contributed by atoms with Gasteiger partial charge >= 0.3 is 0 Å². The second kappa shape index (κ2) is 7.46. The summed E-state index contributed by atoms with van der Waals surface area (Å²) in [5.74, 6) is 0.105. The number of nitrogens with one attached hydrogen (secondary N) is 1. The van der Waals surface area contributed by atoms with Crippen LogP contribution in [0.15, 0.2) is 53.9 Å². The molecule has 1 N–H and O–H groups in total. The van der Waals surface area contributed by atoms with Crippen LogP contribution in [0.5, 0.6) is 0 Å². The quantitative estimate of drug-likeness (QED) is 0.545. The molecule has 0 aliphatic heterocycles. The van der Waals surface area contributed by atoms with Gasteiger partial charge in [0.2, 0.25) is 4.96 Å². The van der Waals surface area contributed by atoms with Crippen LogP contribution < -0.4 is 5.32 Å². The van der Waals surface area contributed by atoms with Crippen LogP contribution in [0.3, 0.4) is 0 Å². The third kappa shape index (κ3) is 3.84. The molecule has 0 aliphatic carbocycles. The molecule has 0 aliphatic rings. The summed E-state index contributed by atoms with van der Waals surface area (Å²) in [6.45, 7) is 0.471. The average Bonchev–Trinajstić information content (AvgIpc) is 3.24. The number of halogens is 2. The molecule has 27 heavy (non-hydrogen) atoms. The first-order valence-corrected chi connectivity index (χ1v) is 9.49. The molecule has 0 fully saturated rings. The van der Waals surface area contributed by atoms with E-state index in [4.69, 9.17) is 11.6 Å². The van der Waals surface area contributed by atoms with E-state index < -0.39 is 0 Å². The fraction of sp³-hybridized carbons (Fsp3) is 0.105. The zero-order valence-electron chi connectivity index (χ0n) is 14.0. The van der Waals surface area contributed by atoms with E-state index in [1.165, 1.54) is 23.5 Å². The molecule has 2 heterocycles. The number of benzene rings is 2. The number of amides is 1. The maximum Gasteiger partial charge on any atom is 0.251 e. The third-order valence-electron chi connectivity index (χ3n) is 4.03. The molecular formula is C19H14ClFN4OS.